The zero-order valence-corrected chi connectivity index (χ0v) is 11.5. The van der Waals surface area contributed by atoms with Crippen molar-refractivity contribution in [2.45, 2.75) is 71.1 Å². The van der Waals surface area contributed by atoms with E-state index < -0.39 is 0 Å². The minimum absolute atomic E-state index is 0.0607. The lowest BCUT2D eigenvalue weighted by Gasteiger charge is -2.37. The molecular weight excluding hydrogens is 198 g/mol. The fraction of sp³-hybridized carbons (Fsp3) is 1.00. The summed E-state index contributed by atoms with van der Waals surface area (Å²) in [5.74, 6) is 1.57. The van der Waals surface area contributed by atoms with Gasteiger partial charge in [0.2, 0.25) is 0 Å². The van der Waals surface area contributed by atoms with Crippen LogP contribution in [0.25, 0.3) is 0 Å². The molecule has 3 unspecified atom stereocenters. The van der Waals surface area contributed by atoms with Gasteiger partial charge in [0.25, 0.3) is 0 Å². The molecule has 0 amide bonds. The van der Waals surface area contributed by atoms with Gasteiger partial charge in [0.05, 0.1) is 11.2 Å². The summed E-state index contributed by atoms with van der Waals surface area (Å²) in [6, 6.07) is 0.679. The maximum Gasteiger partial charge on any atom is 0.0665 e. The van der Waals surface area contributed by atoms with Crippen LogP contribution >= 0.6 is 0 Å². The molecule has 0 aromatic rings. The van der Waals surface area contributed by atoms with Crippen LogP contribution in [0, 0.1) is 11.8 Å². The predicted molar refractivity (Wildman–Crippen MR) is 67.5 cm³/mol. The first-order valence-electron chi connectivity index (χ1n) is 6.74. The largest absolute Gasteiger partial charge is 0.369 e. The molecule has 0 saturated carbocycles. The van der Waals surface area contributed by atoms with Crippen molar-refractivity contribution in [1.82, 2.24) is 5.32 Å². The van der Waals surface area contributed by atoms with E-state index in [1.165, 1.54) is 25.8 Å². The van der Waals surface area contributed by atoms with Crippen molar-refractivity contribution in [1.29, 1.82) is 0 Å². The molecule has 2 aliphatic rings. The van der Waals surface area contributed by atoms with E-state index >= 15 is 0 Å². The number of nitrogens with one attached hydrogen (secondary N) is 1. The second kappa shape index (κ2) is 3.99. The Kier molecular flexibility index (Phi) is 3.09. The summed E-state index contributed by atoms with van der Waals surface area (Å²) in [5, 5.41) is 3.54. The molecule has 2 rings (SSSR count). The topological polar surface area (TPSA) is 21.3 Å². The van der Waals surface area contributed by atoms with Gasteiger partial charge in [-0.3, -0.25) is 0 Å². The number of rotatable bonds is 1. The Morgan fingerprint density at radius 1 is 1.19 bits per heavy atom. The third kappa shape index (κ3) is 2.43. The zero-order chi connectivity index (χ0) is 12.0. The maximum absolute atomic E-state index is 6.22. The summed E-state index contributed by atoms with van der Waals surface area (Å²) < 4.78 is 6.22. The molecule has 3 atom stereocenters. The van der Waals surface area contributed by atoms with Crippen molar-refractivity contribution < 1.29 is 4.74 Å². The summed E-state index contributed by atoms with van der Waals surface area (Å²) in [4.78, 5) is 0. The molecule has 2 heterocycles. The molecule has 0 aromatic carbocycles. The van der Waals surface area contributed by atoms with Gasteiger partial charge < -0.3 is 10.1 Å². The Morgan fingerprint density at radius 2 is 1.88 bits per heavy atom. The summed E-state index contributed by atoms with van der Waals surface area (Å²) in [6.07, 6.45) is 3.85. The molecule has 94 valence electrons. The van der Waals surface area contributed by atoms with Gasteiger partial charge in [0.15, 0.2) is 0 Å². The third-order valence-corrected chi connectivity index (χ3v) is 4.38. The molecule has 1 N–H and O–H groups in total. The Morgan fingerprint density at radius 3 is 2.38 bits per heavy atom. The van der Waals surface area contributed by atoms with Crippen LogP contribution in [-0.2, 0) is 4.74 Å². The molecule has 0 radical (unpaired) electrons. The molecule has 16 heavy (non-hydrogen) atoms. The second-order valence-corrected chi connectivity index (χ2v) is 6.92. The van der Waals surface area contributed by atoms with Gasteiger partial charge in [-0.1, -0.05) is 0 Å². The summed E-state index contributed by atoms with van der Waals surface area (Å²) in [6.45, 7) is 12.5. The van der Waals surface area contributed by atoms with E-state index in [1.807, 2.05) is 0 Å². The quantitative estimate of drug-likeness (QED) is 0.741. The Hall–Kier alpha value is -0.0800. The van der Waals surface area contributed by atoms with E-state index in [9.17, 15) is 0 Å². The molecule has 2 heteroatoms. The van der Waals surface area contributed by atoms with Crippen LogP contribution in [0.1, 0.15) is 53.9 Å². The molecule has 0 spiro atoms. The minimum atomic E-state index is 0.0607. The van der Waals surface area contributed by atoms with Gasteiger partial charge >= 0.3 is 0 Å². The number of ether oxygens (including phenoxy) is 1. The lowest BCUT2D eigenvalue weighted by Crippen LogP contribution is -2.42. The second-order valence-electron chi connectivity index (χ2n) is 6.92. The van der Waals surface area contributed by atoms with Crippen molar-refractivity contribution in [3.05, 3.63) is 0 Å². The number of hydrogen-bond acceptors (Lipinski definition) is 2. The molecule has 0 bridgehead atoms. The van der Waals surface area contributed by atoms with Gasteiger partial charge in [-0.25, -0.2) is 0 Å². The van der Waals surface area contributed by atoms with E-state index in [-0.39, 0.29) is 11.2 Å². The molecule has 0 aliphatic carbocycles. The van der Waals surface area contributed by atoms with E-state index in [0.29, 0.717) is 6.04 Å². The van der Waals surface area contributed by atoms with Crippen LogP contribution in [0.5, 0.6) is 0 Å². The molecule has 0 aromatic heterocycles. The third-order valence-electron chi connectivity index (χ3n) is 4.38. The fourth-order valence-corrected chi connectivity index (χ4v) is 3.88. The summed E-state index contributed by atoms with van der Waals surface area (Å²) >= 11 is 0. The minimum Gasteiger partial charge on any atom is -0.369 e. The molecule has 2 aliphatic heterocycles. The van der Waals surface area contributed by atoms with Crippen molar-refractivity contribution in [2.24, 2.45) is 11.8 Å². The van der Waals surface area contributed by atoms with Crippen molar-refractivity contribution in [3.63, 3.8) is 0 Å². The predicted octanol–water partition coefficient (Wildman–Crippen LogP) is 2.97. The van der Waals surface area contributed by atoms with Crippen LogP contribution in [0.2, 0.25) is 0 Å². The molecule has 2 saturated heterocycles. The van der Waals surface area contributed by atoms with Gasteiger partial charge in [-0.15, -0.1) is 0 Å². The monoisotopic (exact) mass is 225 g/mol. The van der Waals surface area contributed by atoms with Gasteiger partial charge in [-0.2, -0.15) is 0 Å². The first-order chi connectivity index (χ1) is 7.30. The average molecular weight is 225 g/mol. The number of hydrogen-bond donors (Lipinski definition) is 1. The van der Waals surface area contributed by atoms with Crippen molar-refractivity contribution in [3.8, 4) is 0 Å². The molecule has 2 nitrogen and oxygen atoms in total. The highest BCUT2D eigenvalue weighted by molar-refractivity contribution is 4.98. The summed E-state index contributed by atoms with van der Waals surface area (Å²) in [7, 11) is 0. The van der Waals surface area contributed by atoms with E-state index in [1.54, 1.807) is 0 Å². The van der Waals surface area contributed by atoms with Crippen LogP contribution in [0.15, 0.2) is 0 Å². The van der Waals surface area contributed by atoms with Gasteiger partial charge in [0.1, 0.15) is 0 Å². The normalized spacial score (nSPS) is 42.2. The molecule has 2 fully saturated rings. The van der Waals surface area contributed by atoms with E-state index in [4.69, 9.17) is 4.74 Å². The van der Waals surface area contributed by atoms with Crippen molar-refractivity contribution >= 4 is 0 Å². The lowest BCUT2D eigenvalue weighted by atomic mass is 9.73. The van der Waals surface area contributed by atoms with Gasteiger partial charge in [0, 0.05) is 6.04 Å². The Balaban J connectivity index is 2.08. The highest BCUT2D eigenvalue weighted by atomic mass is 16.5. The molecular formula is C14H27NO. The van der Waals surface area contributed by atoms with Crippen LogP contribution in [0.3, 0.4) is 0 Å². The van der Waals surface area contributed by atoms with E-state index in [0.717, 1.165) is 11.8 Å². The van der Waals surface area contributed by atoms with Crippen molar-refractivity contribution in [2.75, 3.05) is 6.54 Å². The first kappa shape index (κ1) is 12.4. The number of piperidine rings is 1. The van der Waals surface area contributed by atoms with Crippen LogP contribution in [0.4, 0.5) is 0 Å². The fourth-order valence-electron chi connectivity index (χ4n) is 3.88. The Bertz CT molecular complexity index is 259. The SMILES string of the molecule is CC1CC(C2CC(C)(C)OC2(C)C)CCN1. The van der Waals surface area contributed by atoms with Gasteiger partial charge in [-0.05, 0) is 72.3 Å². The highest BCUT2D eigenvalue weighted by Crippen LogP contribution is 2.47. The zero-order valence-electron chi connectivity index (χ0n) is 11.5. The summed E-state index contributed by atoms with van der Waals surface area (Å²) in [5.41, 5.74) is 0.132. The van der Waals surface area contributed by atoms with E-state index in [2.05, 4.69) is 39.9 Å². The van der Waals surface area contributed by atoms with Crippen LogP contribution in [-0.4, -0.2) is 23.8 Å². The smallest absolute Gasteiger partial charge is 0.0665 e. The average Bonchev–Trinajstić information content (AvgIpc) is 2.34. The standard InChI is InChI=1S/C14H27NO/c1-10-8-11(6-7-15-10)12-9-13(2,3)16-14(12,4)5/h10-12,15H,6-9H2,1-5H3. The highest BCUT2D eigenvalue weighted by Gasteiger charge is 2.49. The van der Waals surface area contributed by atoms with Crippen LogP contribution < -0.4 is 5.32 Å². The maximum atomic E-state index is 6.22. The Labute approximate surface area is 100 Å². The first-order valence-corrected chi connectivity index (χ1v) is 6.74. The lowest BCUT2D eigenvalue weighted by molar-refractivity contribution is -0.0817.